The summed E-state index contributed by atoms with van der Waals surface area (Å²) in [5.41, 5.74) is 1.73. The molecule has 0 aliphatic heterocycles. The van der Waals surface area contributed by atoms with Gasteiger partial charge >= 0.3 is 0 Å². The second-order valence-corrected chi connectivity index (χ2v) is 6.88. The SMILES string of the molecule is CCC(=O)[C@H]1C[C@]1(Cc1ccc(OCc2ccccc2)cc1)C(C)=O. The van der Waals surface area contributed by atoms with E-state index in [-0.39, 0.29) is 17.5 Å². The Hall–Kier alpha value is -2.42. The highest BCUT2D eigenvalue weighted by atomic mass is 16.5. The minimum atomic E-state index is -0.473. The summed E-state index contributed by atoms with van der Waals surface area (Å²) in [7, 11) is 0. The second kappa shape index (κ2) is 7.22. The molecule has 0 radical (unpaired) electrons. The molecule has 0 bridgehead atoms. The Morgan fingerprint density at radius 3 is 2.32 bits per heavy atom. The molecule has 3 rings (SSSR count). The maximum atomic E-state index is 12.1. The summed E-state index contributed by atoms with van der Waals surface area (Å²) < 4.78 is 5.80. The van der Waals surface area contributed by atoms with Crippen LogP contribution in [0, 0.1) is 11.3 Å². The quantitative estimate of drug-likeness (QED) is 0.718. The largest absolute Gasteiger partial charge is 0.489 e. The number of rotatable bonds is 8. The second-order valence-electron chi connectivity index (χ2n) is 6.88. The van der Waals surface area contributed by atoms with E-state index < -0.39 is 5.41 Å². The third kappa shape index (κ3) is 3.81. The first-order chi connectivity index (χ1) is 12.0. The van der Waals surface area contributed by atoms with E-state index in [2.05, 4.69) is 0 Å². The predicted octanol–water partition coefficient (Wildman–Crippen LogP) is 4.38. The lowest BCUT2D eigenvalue weighted by molar-refractivity contribution is -0.127. The molecule has 0 N–H and O–H groups in total. The van der Waals surface area contributed by atoms with Crippen molar-refractivity contribution < 1.29 is 14.3 Å². The van der Waals surface area contributed by atoms with Crippen molar-refractivity contribution in [3.63, 3.8) is 0 Å². The first kappa shape index (κ1) is 17.4. The van der Waals surface area contributed by atoms with Crippen molar-refractivity contribution in [2.75, 3.05) is 0 Å². The zero-order chi connectivity index (χ0) is 17.9. The van der Waals surface area contributed by atoms with Gasteiger partial charge in [-0.3, -0.25) is 9.59 Å². The van der Waals surface area contributed by atoms with Crippen molar-refractivity contribution in [3.8, 4) is 5.75 Å². The number of Topliss-reactive ketones (excluding diaryl/α,β-unsaturated/α-hetero) is 2. The normalized spacial score (nSPS) is 21.6. The van der Waals surface area contributed by atoms with E-state index in [1.807, 2.05) is 61.5 Å². The molecule has 2 aromatic rings. The zero-order valence-corrected chi connectivity index (χ0v) is 14.8. The summed E-state index contributed by atoms with van der Waals surface area (Å²) in [5, 5.41) is 0. The Kier molecular flexibility index (Phi) is 5.03. The van der Waals surface area contributed by atoms with Gasteiger partial charge in [-0.05, 0) is 43.0 Å². The van der Waals surface area contributed by atoms with Gasteiger partial charge in [0.15, 0.2) is 0 Å². The van der Waals surface area contributed by atoms with E-state index in [0.717, 1.165) is 16.9 Å². The van der Waals surface area contributed by atoms with Gasteiger partial charge in [0.1, 0.15) is 23.9 Å². The summed E-state index contributed by atoms with van der Waals surface area (Å²) in [6.45, 7) is 4.01. The van der Waals surface area contributed by atoms with Gasteiger partial charge in [-0.25, -0.2) is 0 Å². The van der Waals surface area contributed by atoms with Crippen molar-refractivity contribution in [2.45, 2.75) is 39.7 Å². The number of hydrogen-bond donors (Lipinski definition) is 0. The van der Waals surface area contributed by atoms with Crippen LogP contribution in [0.5, 0.6) is 5.75 Å². The fraction of sp³-hybridized carbons (Fsp3) is 0.364. The van der Waals surface area contributed by atoms with Gasteiger partial charge in [-0.1, -0.05) is 49.4 Å². The number of ether oxygens (including phenoxy) is 1. The molecule has 0 saturated heterocycles. The average molecular weight is 336 g/mol. The molecule has 0 spiro atoms. The minimum Gasteiger partial charge on any atom is -0.489 e. The lowest BCUT2D eigenvalue weighted by Gasteiger charge is -2.14. The lowest BCUT2D eigenvalue weighted by atomic mass is 9.89. The lowest BCUT2D eigenvalue weighted by Crippen LogP contribution is -2.21. The van der Waals surface area contributed by atoms with E-state index in [1.165, 1.54) is 0 Å². The van der Waals surface area contributed by atoms with Gasteiger partial charge in [0.2, 0.25) is 0 Å². The standard InChI is InChI=1S/C22H24O3/c1-3-21(24)20-14-22(20,16(2)23)13-17-9-11-19(12-10-17)25-15-18-7-5-4-6-8-18/h4-12,20H,3,13-15H2,1-2H3/t20-,22-/m1/s1. The molecule has 1 aliphatic rings. The smallest absolute Gasteiger partial charge is 0.137 e. The fourth-order valence-corrected chi connectivity index (χ4v) is 3.49. The first-order valence-electron chi connectivity index (χ1n) is 8.84. The van der Waals surface area contributed by atoms with Crippen LogP contribution in [0.2, 0.25) is 0 Å². The van der Waals surface area contributed by atoms with Crippen LogP contribution in [0.15, 0.2) is 54.6 Å². The molecule has 2 aromatic carbocycles. The Bertz CT molecular complexity index is 749. The van der Waals surface area contributed by atoms with Crippen LogP contribution >= 0.6 is 0 Å². The van der Waals surface area contributed by atoms with Crippen molar-refractivity contribution in [3.05, 3.63) is 65.7 Å². The molecule has 130 valence electrons. The number of ketones is 2. The average Bonchev–Trinajstić information content (AvgIpc) is 3.37. The summed E-state index contributed by atoms with van der Waals surface area (Å²) in [4.78, 5) is 24.1. The maximum Gasteiger partial charge on any atom is 0.137 e. The van der Waals surface area contributed by atoms with Crippen molar-refractivity contribution in [1.82, 2.24) is 0 Å². The topological polar surface area (TPSA) is 43.4 Å². The highest BCUT2D eigenvalue weighted by molar-refractivity contribution is 5.96. The van der Waals surface area contributed by atoms with Gasteiger partial charge in [0.05, 0.1) is 0 Å². The summed E-state index contributed by atoms with van der Waals surface area (Å²) in [5.74, 6) is 1.05. The number of benzene rings is 2. The molecule has 0 amide bonds. The van der Waals surface area contributed by atoms with E-state index in [0.29, 0.717) is 25.9 Å². The van der Waals surface area contributed by atoms with Crippen molar-refractivity contribution in [1.29, 1.82) is 0 Å². The van der Waals surface area contributed by atoms with Gasteiger partial charge in [-0.2, -0.15) is 0 Å². The predicted molar refractivity (Wildman–Crippen MR) is 97.4 cm³/mol. The van der Waals surface area contributed by atoms with Gasteiger partial charge in [0, 0.05) is 17.8 Å². The Morgan fingerprint density at radius 1 is 1.04 bits per heavy atom. The third-order valence-corrected chi connectivity index (χ3v) is 5.20. The van der Waals surface area contributed by atoms with Crippen LogP contribution in [0.3, 0.4) is 0 Å². The van der Waals surface area contributed by atoms with Crippen molar-refractivity contribution in [2.24, 2.45) is 11.3 Å². The van der Waals surface area contributed by atoms with Gasteiger partial charge in [0.25, 0.3) is 0 Å². The van der Waals surface area contributed by atoms with Crippen LogP contribution in [-0.2, 0) is 22.6 Å². The molecule has 1 aliphatic carbocycles. The van der Waals surface area contributed by atoms with Crippen LogP contribution in [0.1, 0.15) is 37.8 Å². The first-order valence-corrected chi connectivity index (χ1v) is 8.84. The highest BCUT2D eigenvalue weighted by Gasteiger charge is 2.60. The molecule has 25 heavy (non-hydrogen) atoms. The molecule has 0 unspecified atom stereocenters. The molecule has 2 atom stereocenters. The fourth-order valence-electron chi connectivity index (χ4n) is 3.49. The maximum absolute atomic E-state index is 12.1. The van der Waals surface area contributed by atoms with Crippen LogP contribution < -0.4 is 4.74 Å². The summed E-state index contributed by atoms with van der Waals surface area (Å²) in [6, 6.07) is 17.9. The minimum absolute atomic E-state index is 0.0935. The molecule has 3 nitrogen and oxygen atoms in total. The monoisotopic (exact) mass is 336 g/mol. The Morgan fingerprint density at radius 2 is 1.72 bits per heavy atom. The summed E-state index contributed by atoms with van der Waals surface area (Å²) in [6.07, 6.45) is 1.84. The molecule has 0 heterocycles. The summed E-state index contributed by atoms with van der Waals surface area (Å²) >= 11 is 0. The van der Waals surface area contributed by atoms with Crippen LogP contribution in [-0.4, -0.2) is 11.6 Å². The van der Waals surface area contributed by atoms with Crippen molar-refractivity contribution >= 4 is 11.6 Å². The zero-order valence-electron chi connectivity index (χ0n) is 14.8. The number of hydrogen-bond acceptors (Lipinski definition) is 3. The van der Waals surface area contributed by atoms with Crippen LogP contribution in [0.4, 0.5) is 0 Å². The molecule has 0 aromatic heterocycles. The van der Waals surface area contributed by atoms with E-state index in [4.69, 9.17) is 4.74 Å². The molecule has 3 heteroatoms. The van der Waals surface area contributed by atoms with Gasteiger partial charge in [-0.15, -0.1) is 0 Å². The Balaban J connectivity index is 1.62. The van der Waals surface area contributed by atoms with E-state index >= 15 is 0 Å². The third-order valence-electron chi connectivity index (χ3n) is 5.20. The van der Waals surface area contributed by atoms with Crippen LogP contribution in [0.25, 0.3) is 0 Å². The number of carbonyl (C=O) groups excluding carboxylic acids is 2. The molecular formula is C22H24O3. The molecular weight excluding hydrogens is 312 g/mol. The van der Waals surface area contributed by atoms with Gasteiger partial charge < -0.3 is 4.74 Å². The van der Waals surface area contributed by atoms with E-state index in [1.54, 1.807) is 6.92 Å². The molecule has 1 fully saturated rings. The highest BCUT2D eigenvalue weighted by Crippen LogP contribution is 2.56. The van der Waals surface area contributed by atoms with E-state index in [9.17, 15) is 9.59 Å². The number of carbonyl (C=O) groups is 2. The molecule has 1 saturated carbocycles. The Labute approximate surface area is 149 Å².